The van der Waals surface area contributed by atoms with Gasteiger partial charge in [-0.2, -0.15) is 0 Å². The first-order valence-electron chi connectivity index (χ1n) is 8.23. The maximum absolute atomic E-state index is 4.01. The summed E-state index contributed by atoms with van der Waals surface area (Å²) in [5.41, 5.74) is 0.0446. The molecule has 1 aliphatic rings. The molecular formula is C20H32N2. The summed E-state index contributed by atoms with van der Waals surface area (Å²) in [7, 11) is 0. The molecule has 1 saturated heterocycles. The molecule has 1 N–H and O–H groups in total. The van der Waals surface area contributed by atoms with Gasteiger partial charge in [0.25, 0.3) is 0 Å². The number of nitrogens with zero attached hydrogens (tertiary/aromatic N) is 1. The number of piperidine rings is 1. The Hall–Kier alpha value is -1.38. The van der Waals surface area contributed by atoms with Crippen molar-refractivity contribution in [1.29, 1.82) is 0 Å². The zero-order valence-electron chi connectivity index (χ0n) is 14.0. The summed E-state index contributed by atoms with van der Waals surface area (Å²) in [6.45, 7) is 22.6. The van der Waals surface area contributed by atoms with E-state index in [0.29, 0.717) is 12.0 Å². The van der Waals surface area contributed by atoms with Crippen LogP contribution in [0.5, 0.6) is 0 Å². The molecule has 2 atom stereocenters. The minimum atomic E-state index is 0.0446. The van der Waals surface area contributed by atoms with E-state index >= 15 is 0 Å². The normalized spacial score (nSPS) is 24.4. The Morgan fingerprint density at radius 1 is 0.955 bits per heavy atom. The fourth-order valence-corrected chi connectivity index (χ4v) is 3.94. The Morgan fingerprint density at radius 2 is 1.64 bits per heavy atom. The van der Waals surface area contributed by atoms with Gasteiger partial charge in [-0.15, -0.1) is 32.9 Å². The number of hydrogen-bond donors (Lipinski definition) is 1. The van der Waals surface area contributed by atoms with E-state index < -0.39 is 0 Å². The van der Waals surface area contributed by atoms with Crippen molar-refractivity contribution in [3.63, 3.8) is 0 Å². The van der Waals surface area contributed by atoms with Crippen molar-refractivity contribution in [3.8, 4) is 0 Å². The maximum Gasteiger partial charge on any atom is 0.0327 e. The molecule has 0 aliphatic carbocycles. The minimum absolute atomic E-state index is 0.0446. The van der Waals surface area contributed by atoms with E-state index in [1.54, 1.807) is 0 Å². The van der Waals surface area contributed by atoms with Gasteiger partial charge in [0.2, 0.25) is 0 Å². The molecule has 0 amide bonds. The lowest BCUT2D eigenvalue weighted by Crippen LogP contribution is -2.63. The summed E-state index contributed by atoms with van der Waals surface area (Å²) in [5, 5.41) is 3.65. The molecule has 1 rings (SSSR count). The predicted octanol–water partition coefficient (Wildman–Crippen LogP) is 4.11. The molecule has 0 spiro atoms. The van der Waals surface area contributed by atoms with Crippen molar-refractivity contribution in [2.45, 2.75) is 37.3 Å². The van der Waals surface area contributed by atoms with Crippen LogP contribution in [0.15, 0.2) is 63.3 Å². The summed E-state index contributed by atoms with van der Waals surface area (Å²) in [5.74, 6) is 0.481. The van der Waals surface area contributed by atoms with E-state index in [1.165, 1.54) is 0 Å². The minimum Gasteiger partial charge on any atom is -0.310 e. The highest BCUT2D eigenvalue weighted by molar-refractivity contribution is 5.12. The molecule has 0 saturated carbocycles. The van der Waals surface area contributed by atoms with Crippen LogP contribution in [0.25, 0.3) is 0 Å². The molecule has 22 heavy (non-hydrogen) atoms. The molecule has 2 heteroatoms. The molecule has 2 unspecified atom stereocenters. The van der Waals surface area contributed by atoms with Crippen molar-refractivity contribution in [2.75, 3.05) is 19.6 Å². The molecule has 0 bridgehead atoms. The van der Waals surface area contributed by atoms with Crippen LogP contribution in [0.3, 0.4) is 0 Å². The van der Waals surface area contributed by atoms with Crippen LogP contribution in [0.1, 0.15) is 25.7 Å². The lowest BCUT2D eigenvalue weighted by molar-refractivity contribution is -0.0126. The zero-order chi connectivity index (χ0) is 16.4. The summed E-state index contributed by atoms with van der Waals surface area (Å²) in [6, 6.07) is 0.469. The van der Waals surface area contributed by atoms with Gasteiger partial charge in [-0.1, -0.05) is 30.4 Å². The second-order valence-electron chi connectivity index (χ2n) is 6.05. The van der Waals surface area contributed by atoms with Crippen molar-refractivity contribution in [1.82, 2.24) is 10.2 Å². The van der Waals surface area contributed by atoms with E-state index in [4.69, 9.17) is 0 Å². The second-order valence-corrected chi connectivity index (χ2v) is 6.05. The number of likely N-dealkylation sites (tertiary alicyclic amines) is 1. The van der Waals surface area contributed by atoms with Crippen LogP contribution in [0.2, 0.25) is 0 Å². The van der Waals surface area contributed by atoms with E-state index in [0.717, 1.165) is 45.3 Å². The Labute approximate surface area is 137 Å². The highest BCUT2D eigenvalue weighted by Crippen LogP contribution is 2.42. The first kappa shape index (κ1) is 18.7. The van der Waals surface area contributed by atoms with Gasteiger partial charge in [0.05, 0.1) is 0 Å². The topological polar surface area (TPSA) is 15.3 Å². The van der Waals surface area contributed by atoms with E-state index in [1.807, 2.05) is 30.4 Å². The van der Waals surface area contributed by atoms with Crippen LogP contribution in [-0.2, 0) is 0 Å². The number of nitrogens with one attached hydrogen (secondary N) is 1. The van der Waals surface area contributed by atoms with Gasteiger partial charge in [0.15, 0.2) is 0 Å². The molecule has 1 fully saturated rings. The number of hydrogen-bond acceptors (Lipinski definition) is 2. The molecular weight excluding hydrogens is 268 g/mol. The Morgan fingerprint density at radius 3 is 2.14 bits per heavy atom. The molecule has 2 nitrogen and oxygen atoms in total. The van der Waals surface area contributed by atoms with E-state index in [9.17, 15) is 0 Å². The first-order chi connectivity index (χ1) is 10.7. The molecule has 0 aromatic carbocycles. The van der Waals surface area contributed by atoms with Gasteiger partial charge in [0.1, 0.15) is 0 Å². The van der Waals surface area contributed by atoms with Crippen LogP contribution in [0.4, 0.5) is 0 Å². The monoisotopic (exact) mass is 300 g/mol. The maximum atomic E-state index is 4.01. The summed E-state index contributed by atoms with van der Waals surface area (Å²) in [6.07, 6.45) is 14.1. The van der Waals surface area contributed by atoms with Crippen LogP contribution in [0, 0.1) is 5.92 Å². The van der Waals surface area contributed by atoms with E-state index in [2.05, 4.69) is 43.1 Å². The summed E-state index contributed by atoms with van der Waals surface area (Å²) >= 11 is 0. The van der Waals surface area contributed by atoms with Crippen LogP contribution >= 0.6 is 0 Å². The fraction of sp³-hybridized carbons (Fsp3) is 0.500. The van der Waals surface area contributed by atoms with Gasteiger partial charge in [-0.05, 0) is 31.6 Å². The highest BCUT2D eigenvalue weighted by atomic mass is 15.2. The summed E-state index contributed by atoms with van der Waals surface area (Å²) in [4.78, 5) is 2.56. The standard InChI is InChI=1S/C20H32N2/c1-6-11-18-19(21-15-9-4)12-17-22(16-10-5)20(18,13-7-2)14-8-3/h6-10,18-19,21H,1-5,11-17H2. The largest absolute Gasteiger partial charge is 0.310 e. The average molecular weight is 300 g/mol. The second kappa shape index (κ2) is 9.60. The molecule has 0 aromatic heterocycles. The first-order valence-corrected chi connectivity index (χ1v) is 8.23. The van der Waals surface area contributed by atoms with Crippen molar-refractivity contribution in [3.05, 3.63) is 63.3 Å². The Bertz CT molecular complexity index is 387. The van der Waals surface area contributed by atoms with Gasteiger partial charge >= 0.3 is 0 Å². The molecule has 1 heterocycles. The van der Waals surface area contributed by atoms with Crippen molar-refractivity contribution in [2.24, 2.45) is 5.92 Å². The Balaban J connectivity index is 3.19. The lowest BCUT2D eigenvalue weighted by Gasteiger charge is -2.55. The third kappa shape index (κ3) is 4.08. The van der Waals surface area contributed by atoms with Crippen LogP contribution < -0.4 is 5.32 Å². The third-order valence-corrected chi connectivity index (χ3v) is 4.81. The smallest absolute Gasteiger partial charge is 0.0327 e. The van der Waals surface area contributed by atoms with Crippen molar-refractivity contribution < 1.29 is 0 Å². The fourth-order valence-electron chi connectivity index (χ4n) is 3.94. The van der Waals surface area contributed by atoms with Gasteiger partial charge < -0.3 is 5.32 Å². The summed E-state index contributed by atoms with van der Waals surface area (Å²) < 4.78 is 0. The molecule has 0 aromatic rings. The number of rotatable bonds is 11. The highest BCUT2D eigenvalue weighted by Gasteiger charge is 2.47. The van der Waals surface area contributed by atoms with Gasteiger partial charge in [0, 0.05) is 31.2 Å². The third-order valence-electron chi connectivity index (χ3n) is 4.81. The zero-order valence-corrected chi connectivity index (χ0v) is 14.0. The van der Waals surface area contributed by atoms with E-state index in [-0.39, 0.29) is 5.54 Å². The van der Waals surface area contributed by atoms with Crippen LogP contribution in [-0.4, -0.2) is 36.1 Å². The van der Waals surface area contributed by atoms with Gasteiger partial charge in [-0.25, -0.2) is 0 Å². The SMILES string of the molecule is C=CCNC1CCN(CC=C)C(CC=C)(CC=C)C1CC=C. The number of allylic oxidation sites excluding steroid dienone is 1. The Kier molecular flexibility index (Phi) is 8.15. The predicted molar refractivity (Wildman–Crippen MR) is 99.0 cm³/mol. The molecule has 1 aliphatic heterocycles. The molecule has 122 valence electrons. The quantitative estimate of drug-likeness (QED) is 0.578. The molecule has 0 radical (unpaired) electrons. The van der Waals surface area contributed by atoms with Gasteiger partial charge in [-0.3, -0.25) is 4.90 Å². The average Bonchev–Trinajstić information content (AvgIpc) is 2.51. The van der Waals surface area contributed by atoms with Crippen molar-refractivity contribution >= 4 is 0 Å². The lowest BCUT2D eigenvalue weighted by atomic mass is 9.68.